The molecule has 1 fully saturated rings. The number of benzene rings is 3. The van der Waals surface area contributed by atoms with Crippen molar-refractivity contribution in [3.05, 3.63) is 99.6 Å². The number of aromatic nitrogens is 1. The number of amides is 4. The zero-order valence-corrected chi connectivity index (χ0v) is 41.5. The third kappa shape index (κ3) is 14.2. The summed E-state index contributed by atoms with van der Waals surface area (Å²) in [5.41, 5.74) is 5.36. The SMILES string of the molecule is CC[C@@H](NC(=O)c1ccc(NCCCCOCC(=O)N[C@H](C(=O)N2C[C@H](O)C[C@H]2C(=O)NCc2ccc(-c3scnc3C)cc2)C(C)(C)C)cc1)C(C)(C)[C@@H](CC)Oc1ccc(C#N)c(Cl)c1. The number of carbonyl (C=O) groups is 4. The summed E-state index contributed by atoms with van der Waals surface area (Å²) in [4.78, 5) is 60.7. The standard InChI is InChI=1S/C51H66ClN7O7S/c1-9-42(51(7,8)43(10-2)66-39-22-19-36(27-53)40(52)26-39)57-47(62)35-17-20-37(21-18-35)54-23-11-12-24-65-30-44(61)58-46(50(4,5)6)49(64)59-29-38(60)25-41(59)48(63)55-28-33-13-15-34(16-14-33)45-32(3)56-31-67-45/h13-22,26,31,38,41-43,46,54,60H,9-12,23-25,28-30H2,1-8H3,(H,55,63)(H,57,62)(H,58,61)/t38-,41+,42-,43-,46-/m1/s1. The number of aliphatic hydroxyl groups is 1. The maximum absolute atomic E-state index is 14.0. The number of likely N-dealkylation sites (tertiary alicyclic amines) is 1. The molecule has 3 aromatic carbocycles. The molecule has 1 aliphatic heterocycles. The Morgan fingerprint density at radius 1 is 0.985 bits per heavy atom. The van der Waals surface area contributed by atoms with E-state index in [-0.39, 0.29) is 50.1 Å². The Balaban J connectivity index is 1.02. The average molecular weight is 957 g/mol. The fraction of sp³-hybridized carbons (Fsp3) is 0.490. The molecule has 4 amide bonds. The highest BCUT2D eigenvalue weighted by molar-refractivity contribution is 7.13. The minimum atomic E-state index is -0.955. The van der Waals surface area contributed by atoms with E-state index in [1.54, 1.807) is 41.7 Å². The van der Waals surface area contributed by atoms with Gasteiger partial charge in [-0.05, 0) is 85.5 Å². The number of anilines is 1. The summed E-state index contributed by atoms with van der Waals surface area (Å²) in [6.07, 6.45) is 1.82. The van der Waals surface area contributed by atoms with Gasteiger partial charge in [-0.1, -0.05) is 84.3 Å². The minimum absolute atomic E-state index is 0.0135. The van der Waals surface area contributed by atoms with Crippen molar-refractivity contribution in [2.24, 2.45) is 10.8 Å². The quantitative estimate of drug-likeness (QED) is 0.0481. The molecule has 5 N–H and O–H groups in total. The number of unbranched alkanes of at least 4 members (excludes halogenated alkanes) is 1. The fourth-order valence-corrected chi connectivity index (χ4v) is 9.34. The summed E-state index contributed by atoms with van der Waals surface area (Å²) in [6.45, 7) is 16.7. The molecule has 5 atom stereocenters. The van der Waals surface area contributed by atoms with Crippen LogP contribution in [0.5, 0.6) is 5.75 Å². The van der Waals surface area contributed by atoms with Gasteiger partial charge in [0, 0.05) is 61.4 Å². The Morgan fingerprint density at radius 3 is 2.31 bits per heavy atom. The van der Waals surface area contributed by atoms with Gasteiger partial charge in [0.1, 0.15) is 36.6 Å². The second-order valence-electron chi connectivity index (χ2n) is 18.7. The lowest BCUT2D eigenvalue weighted by atomic mass is 9.76. The number of nitrogens with one attached hydrogen (secondary N) is 4. The fourth-order valence-electron chi connectivity index (χ4n) is 8.31. The number of hydrogen-bond acceptors (Lipinski definition) is 11. The van der Waals surface area contributed by atoms with Gasteiger partial charge in [0.15, 0.2) is 0 Å². The molecule has 2 heterocycles. The highest BCUT2D eigenvalue weighted by Crippen LogP contribution is 2.35. The Labute approximate surface area is 404 Å². The largest absolute Gasteiger partial charge is 0.490 e. The average Bonchev–Trinajstić information content (AvgIpc) is 3.92. The first-order valence-electron chi connectivity index (χ1n) is 23.0. The molecular weight excluding hydrogens is 890 g/mol. The van der Waals surface area contributed by atoms with E-state index in [4.69, 9.17) is 21.1 Å². The predicted molar refractivity (Wildman–Crippen MR) is 263 cm³/mol. The molecule has 360 valence electrons. The van der Waals surface area contributed by atoms with Crippen molar-refractivity contribution in [1.82, 2.24) is 25.8 Å². The first kappa shape index (κ1) is 52.4. The molecule has 0 radical (unpaired) electrons. The molecule has 1 aliphatic rings. The van der Waals surface area contributed by atoms with Crippen molar-refractivity contribution in [2.75, 3.05) is 31.6 Å². The van der Waals surface area contributed by atoms with E-state index in [0.717, 1.165) is 33.8 Å². The lowest BCUT2D eigenvalue weighted by Gasteiger charge is -2.40. The number of thiazole rings is 1. The molecule has 1 aromatic heterocycles. The molecule has 1 saturated heterocycles. The van der Waals surface area contributed by atoms with Gasteiger partial charge in [0.25, 0.3) is 5.91 Å². The Morgan fingerprint density at radius 2 is 1.70 bits per heavy atom. The van der Waals surface area contributed by atoms with E-state index >= 15 is 0 Å². The van der Waals surface area contributed by atoms with Crippen molar-refractivity contribution in [2.45, 2.75) is 124 Å². The summed E-state index contributed by atoms with van der Waals surface area (Å²) in [5.74, 6) is -0.865. The van der Waals surface area contributed by atoms with Crippen LogP contribution in [0, 0.1) is 29.1 Å². The van der Waals surface area contributed by atoms with Crippen LogP contribution >= 0.6 is 22.9 Å². The Bertz CT molecular complexity index is 2340. The van der Waals surface area contributed by atoms with Crippen LogP contribution in [0.15, 0.2) is 72.2 Å². The van der Waals surface area contributed by atoms with E-state index in [2.05, 4.69) is 46.2 Å². The molecule has 0 spiro atoms. The van der Waals surface area contributed by atoms with Gasteiger partial charge in [-0.2, -0.15) is 5.26 Å². The highest BCUT2D eigenvalue weighted by atomic mass is 35.5. The van der Waals surface area contributed by atoms with E-state index in [0.29, 0.717) is 54.3 Å². The molecule has 67 heavy (non-hydrogen) atoms. The summed E-state index contributed by atoms with van der Waals surface area (Å²) < 4.78 is 12.0. The van der Waals surface area contributed by atoms with E-state index in [9.17, 15) is 29.5 Å². The number of rotatable bonds is 22. The first-order chi connectivity index (χ1) is 31.9. The van der Waals surface area contributed by atoms with Gasteiger partial charge in [-0.25, -0.2) is 4.98 Å². The molecular formula is C51H66ClN7O7S. The van der Waals surface area contributed by atoms with Gasteiger partial charge in [-0.3, -0.25) is 19.2 Å². The smallest absolute Gasteiger partial charge is 0.251 e. The number of ether oxygens (including phenoxy) is 2. The van der Waals surface area contributed by atoms with E-state index in [1.165, 1.54) is 4.90 Å². The molecule has 0 unspecified atom stereocenters. The second-order valence-corrected chi connectivity index (χ2v) is 20.0. The zero-order chi connectivity index (χ0) is 48.9. The maximum atomic E-state index is 14.0. The van der Waals surface area contributed by atoms with E-state index < -0.39 is 40.8 Å². The molecule has 0 aliphatic carbocycles. The number of hydrogen-bond donors (Lipinski definition) is 5. The van der Waals surface area contributed by atoms with Gasteiger partial charge in [0.2, 0.25) is 17.7 Å². The summed E-state index contributed by atoms with van der Waals surface area (Å²) in [7, 11) is 0. The van der Waals surface area contributed by atoms with Crippen molar-refractivity contribution < 1.29 is 33.8 Å². The van der Waals surface area contributed by atoms with Crippen LogP contribution in [-0.2, 0) is 25.7 Å². The van der Waals surface area contributed by atoms with Gasteiger partial charge in [0.05, 0.1) is 32.8 Å². The monoisotopic (exact) mass is 955 g/mol. The van der Waals surface area contributed by atoms with Crippen LogP contribution in [-0.4, -0.2) is 95.3 Å². The molecule has 5 rings (SSSR count). The van der Waals surface area contributed by atoms with Crippen LogP contribution in [0.1, 0.15) is 108 Å². The molecule has 4 aromatic rings. The third-order valence-corrected chi connectivity index (χ3v) is 13.6. The molecule has 14 nitrogen and oxygen atoms in total. The molecule has 16 heteroatoms. The second kappa shape index (κ2) is 24.0. The number of nitrogens with zero attached hydrogens (tertiary/aromatic N) is 3. The van der Waals surface area contributed by atoms with E-state index in [1.807, 2.05) is 83.5 Å². The predicted octanol–water partition coefficient (Wildman–Crippen LogP) is 8.05. The number of nitriles is 1. The number of β-amino-alcohol motifs (C(OH)–C–C–N with tert-alkyl or cyclic N) is 1. The lowest BCUT2D eigenvalue weighted by molar-refractivity contribution is -0.144. The maximum Gasteiger partial charge on any atom is 0.251 e. The number of aryl methyl sites for hydroxylation is 1. The third-order valence-electron chi connectivity index (χ3n) is 12.3. The summed E-state index contributed by atoms with van der Waals surface area (Å²) >= 11 is 7.82. The highest BCUT2D eigenvalue weighted by Gasteiger charge is 2.44. The Hall–Kier alpha value is -5.53. The summed E-state index contributed by atoms with van der Waals surface area (Å²) in [5, 5.41) is 32.5. The molecule has 0 saturated carbocycles. The first-order valence-corrected chi connectivity index (χ1v) is 24.3. The van der Waals surface area contributed by atoms with Gasteiger partial charge < -0.3 is 40.7 Å². The van der Waals surface area contributed by atoms with Gasteiger partial charge in [-0.15, -0.1) is 11.3 Å². The lowest BCUT2D eigenvalue weighted by Crippen LogP contribution is -2.58. The van der Waals surface area contributed by atoms with Crippen LogP contribution in [0.2, 0.25) is 5.02 Å². The zero-order valence-electron chi connectivity index (χ0n) is 39.9. The number of aliphatic hydroxyl groups excluding tert-OH is 1. The van der Waals surface area contributed by atoms with Crippen LogP contribution < -0.4 is 26.0 Å². The van der Waals surface area contributed by atoms with Crippen molar-refractivity contribution in [3.8, 4) is 22.3 Å². The normalized spacial score (nSPS) is 16.3. The minimum Gasteiger partial charge on any atom is -0.490 e. The van der Waals surface area contributed by atoms with Crippen LogP contribution in [0.4, 0.5) is 5.69 Å². The summed E-state index contributed by atoms with van der Waals surface area (Å²) in [6, 6.07) is 20.2. The van der Waals surface area contributed by atoms with Crippen molar-refractivity contribution in [3.63, 3.8) is 0 Å². The number of carbonyl (C=O) groups excluding carboxylic acids is 4. The van der Waals surface area contributed by atoms with Crippen LogP contribution in [0.25, 0.3) is 10.4 Å². The van der Waals surface area contributed by atoms with Crippen molar-refractivity contribution in [1.29, 1.82) is 5.26 Å². The molecule has 0 bridgehead atoms. The van der Waals surface area contributed by atoms with Crippen molar-refractivity contribution >= 4 is 52.3 Å². The number of halogens is 1. The topological polar surface area (TPSA) is 195 Å². The van der Waals surface area contributed by atoms with Crippen LogP contribution in [0.3, 0.4) is 0 Å². The van der Waals surface area contributed by atoms with Gasteiger partial charge >= 0.3 is 0 Å². The Kier molecular flexibility index (Phi) is 18.8.